The molecule has 0 amide bonds. The molecule has 7 rings (SSSR count). The van der Waals surface area contributed by atoms with Crippen LogP contribution >= 0.6 is 0 Å². The predicted octanol–water partition coefficient (Wildman–Crippen LogP) is 8.79. The van der Waals surface area contributed by atoms with Crippen molar-refractivity contribution in [3.05, 3.63) is 121 Å². The Bertz CT molecular complexity index is 2100. The monoisotopic (exact) mass is 533 g/mol. The fourth-order valence-electron chi connectivity index (χ4n) is 4.98. The third-order valence-corrected chi connectivity index (χ3v) is 7.12. The molecule has 0 N–H and O–H groups in total. The smallest absolute Gasteiger partial charge is 0.232 e. The molecule has 6 nitrogen and oxygen atoms in total. The summed E-state index contributed by atoms with van der Waals surface area (Å²) in [6.45, 7) is 4.15. The molecule has 0 atom stereocenters. The van der Waals surface area contributed by atoms with Crippen molar-refractivity contribution in [2.45, 2.75) is 20.3 Å². The van der Waals surface area contributed by atoms with E-state index in [1.165, 1.54) is 0 Å². The summed E-state index contributed by atoms with van der Waals surface area (Å²) in [6, 6.07) is 30.4. The fraction of sp³-hybridized carbons (Fsp3) is 0.0857. The second kappa shape index (κ2) is 10.3. The summed E-state index contributed by atoms with van der Waals surface area (Å²) in [5.74, 6) is 1.94. The number of rotatable bonds is 6. The summed E-state index contributed by atoms with van der Waals surface area (Å²) in [5.41, 5.74) is 8.22. The number of hydrogen-bond acceptors (Lipinski definition) is 5. The van der Waals surface area contributed by atoms with Gasteiger partial charge in [0.2, 0.25) is 5.71 Å². The van der Waals surface area contributed by atoms with Crippen molar-refractivity contribution in [1.29, 1.82) is 0 Å². The number of hydrogen-bond donors (Lipinski definition) is 0. The number of allylic oxidation sites excluding steroid dienone is 4. The van der Waals surface area contributed by atoms with Crippen molar-refractivity contribution in [3.8, 4) is 33.9 Å². The van der Waals surface area contributed by atoms with Crippen LogP contribution in [0, 0.1) is 0 Å². The van der Waals surface area contributed by atoms with Gasteiger partial charge in [0.05, 0.1) is 0 Å². The molecule has 0 spiro atoms. The van der Waals surface area contributed by atoms with Crippen molar-refractivity contribution in [2.75, 3.05) is 0 Å². The minimum atomic E-state index is 0.631. The minimum Gasteiger partial charge on any atom is -0.437 e. The van der Waals surface area contributed by atoms with Crippen LogP contribution in [0.4, 0.5) is 0 Å². The molecule has 6 heteroatoms. The quantitative estimate of drug-likeness (QED) is 0.200. The van der Waals surface area contributed by atoms with Crippen LogP contribution in [0.25, 0.3) is 67.3 Å². The molecule has 0 aliphatic rings. The van der Waals surface area contributed by atoms with E-state index in [9.17, 15) is 0 Å². The fourth-order valence-corrected chi connectivity index (χ4v) is 4.98. The average molecular weight is 534 g/mol. The topological polar surface area (TPSA) is 69.1 Å². The molecule has 0 bridgehead atoms. The number of pyridine rings is 1. The molecule has 0 aliphatic carbocycles. The van der Waals surface area contributed by atoms with E-state index in [-0.39, 0.29) is 0 Å². The SMILES string of the molecule is CC/C=C\C=C(/C)c1nc(-c2ccccc2)nc(-c2cccc(-c3ccc4nc5c6ccccc6oc5n4c3)c2)n1. The highest BCUT2D eigenvalue weighted by Gasteiger charge is 2.15. The minimum absolute atomic E-state index is 0.631. The van der Waals surface area contributed by atoms with Crippen molar-refractivity contribution in [1.82, 2.24) is 24.3 Å². The molecule has 0 saturated heterocycles. The molecule has 0 aliphatic heterocycles. The highest BCUT2D eigenvalue weighted by molar-refractivity contribution is 6.02. The highest BCUT2D eigenvalue weighted by atomic mass is 16.3. The molecule has 3 aromatic carbocycles. The van der Waals surface area contributed by atoms with Crippen molar-refractivity contribution in [2.24, 2.45) is 0 Å². The third-order valence-electron chi connectivity index (χ3n) is 7.12. The number of nitrogens with zero attached hydrogens (tertiary/aromatic N) is 5. The van der Waals surface area contributed by atoms with Gasteiger partial charge in [0.1, 0.15) is 16.7 Å². The predicted molar refractivity (Wildman–Crippen MR) is 165 cm³/mol. The Balaban J connectivity index is 1.33. The van der Waals surface area contributed by atoms with E-state index in [4.69, 9.17) is 24.4 Å². The third kappa shape index (κ3) is 4.59. The van der Waals surface area contributed by atoms with Gasteiger partial charge in [-0.05, 0) is 60.4 Å². The summed E-state index contributed by atoms with van der Waals surface area (Å²) < 4.78 is 8.20. The zero-order valence-corrected chi connectivity index (χ0v) is 22.8. The van der Waals surface area contributed by atoms with Gasteiger partial charge in [0, 0.05) is 22.7 Å². The van der Waals surface area contributed by atoms with Gasteiger partial charge >= 0.3 is 0 Å². The number of fused-ring (bicyclic) bond motifs is 5. The van der Waals surface area contributed by atoms with Gasteiger partial charge in [-0.1, -0.05) is 85.8 Å². The average Bonchev–Trinajstić information content (AvgIpc) is 3.57. The summed E-state index contributed by atoms with van der Waals surface area (Å²) in [4.78, 5) is 19.4. The first-order valence-corrected chi connectivity index (χ1v) is 13.7. The van der Waals surface area contributed by atoms with E-state index in [1.807, 2.05) is 96.3 Å². The van der Waals surface area contributed by atoms with Crippen molar-refractivity contribution < 1.29 is 4.42 Å². The van der Waals surface area contributed by atoms with Gasteiger partial charge in [-0.2, -0.15) is 0 Å². The van der Waals surface area contributed by atoms with Crippen LogP contribution in [0.1, 0.15) is 26.1 Å². The first-order chi connectivity index (χ1) is 20.2. The normalized spacial score (nSPS) is 12.3. The number of furan rings is 1. The lowest BCUT2D eigenvalue weighted by Crippen LogP contribution is -2.02. The van der Waals surface area contributed by atoms with Crippen LogP contribution in [0.5, 0.6) is 0 Å². The summed E-state index contributed by atoms with van der Waals surface area (Å²) in [5, 5.41) is 1.02. The van der Waals surface area contributed by atoms with Gasteiger partial charge in [0.15, 0.2) is 17.5 Å². The molecule has 7 aromatic rings. The van der Waals surface area contributed by atoms with E-state index >= 15 is 0 Å². The van der Waals surface area contributed by atoms with E-state index in [0.29, 0.717) is 17.5 Å². The van der Waals surface area contributed by atoms with Crippen LogP contribution in [-0.2, 0) is 0 Å². The van der Waals surface area contributed by atoms with E-state index < -0.39 is 0 Å². The Morgan fingerprint density at radius 3 is 2.37 bits per heavy atom. The largest absolute Gasteiger partial charge is 0.437 e. The lowest BCUT2D eigenvalue weighted by atomic mass is 10.0. The number of benzene rings is 3. The molecule has 0 radical (unpaired) electrons. The Kier molecular flexibility index (Phi) is 6.21. The van der Waals surface area contributed by atoms with Gasteiger partial charge in [-0.3, -0.25) is 4.40 Å². The van der Waals surface area contributed by atoms with Crippen LogP contribution in [0.3, 0.4) is 0 Å². The zero-order valence-electron chi connectivity index (χ0n) is 22.8. The van der Waals surface area contributed by atoms with E-state index in [0.717, 1.165) is 62.1 Å². The van der Waals surface area contributed by atoms with Gasteiger partial charge in [-0.15, -0.1) is 0 Å². The lowest BCUT2D eigenvalue weighted by Gasteiger charge is -2.10. The second-order valence-corrected chi connectivity index (χ2v) is 9.95. The Morgan fingerprint density at radius 1 is 0.756 bits per heavy atom. The maximum atomic E-state index is 6.18. The van der Waals surface area contributed by atoms with Crippen LogP contribution in [0.2, 0.25) is 0 Å². The van der Waals surface area contributed by atoms with Gasteiger partial charge in [-0.25, -0.2) is 19.9 Å². The molecule has 4 aromatic heterocycles. The molecular formula is C35H27N5O. The standard InChI is InChI=1S/C35H27N5O/c1-3-4-6-12-23(2)32-37-33(24-13-7-5-8-14-24)39-34(38-32)26-16-11-15-25(21-26)27-19-20-30-36-31-28-17-9-10-18-29(28)41-35(31)40(30)22-27/h4-22H,3H2,1-2H3/b6-4-,23-12+. The van der Waals surface area contributed by atoms with Gasteiger partial charge in [0.25, 0.3) is 0 Å². The maximum Gasteiger partial charge on any atom is 0.232 e. The number of aromatic nitrogens is 5. The van der Waals surface area contributed by atoms with Crippen LogP contribution in [0.15, 0.2) is 120 Å². The van der Waals surface area contributed by atoms with Crippen molar-refractivity contribution in [3.63, 3.8) is 0 Å². The maximum absolute atomic E-state index is 6.18. The highest BCUT2D eigenvalue weighted by Crippen LogP contribution is 2.32. The number of imidazole rings is 1. The molecule has 41 heavy (non-hydrogen) atoms. The molecule has 198 valence electrons. The lowest BCUT2D eigenvalue weighted by molar-refractivity contribution is 0.649. The Morgan fingerprint density at radius 2 is 1.51 bits per heavy atom. The molecular weight excluding hydrogens is 506 g/mol. The summed E-state index contributed by atoms with van der Waals surface area (Å²) >= 11 is 0. The van der Waals surface area contributed by atoms with Crippen LogP contribution < -0.4 is 0 Å². The first-order valence-electron chi connectivity index (χ1n) is 13.7. The van der Waals surface area contributed by atoms with E-state index in [2.05, 4.69) is 37.4 Å². The molecule has 0 unspecified atom stereocenters. The summed E-state index contributed by atoms with van der Waals surface area (Å²) in [7, 11) is 0. The zero-order chi connectivity index (χ0) is 27.8. The Hall–Kier alpha value is -5.36. The van der Waals surface area contributed by atoms with Crippen molar-refractivity contribution >= 4 is 33.4 Å². The Labute approximate surface area is 237 Å². The summed E-state index contributed by atoms with van der Waals surface area (Å²) in [6.07, 6.45) is 9.26. The number of para-hydroxylation sites is 1. The molecule has 0 saturated carbocycles. The molecule has 4 heterocycles. The molecule has 0 fully saturated rings. The second-order valence-electron chi connectivity index (χ2n) is 9.95. The first kappa shape index (κ1) is 24.7. The van der Waals surface area contributed by atoms with Gasteiger partial charge < -0.3 is 4.42 Å². The van der Waals surface area contributed by atoms with E-state index in [1.54, 1.807) is 0 Å². The van der Waals surface area contributed by atoms with Crippen LogP contribution in [-0.4, -0.2) is 24.3 Å².